The standard InChI is InChI=1S/C15H22N4/c1-11-5-3-7-13(9-11)10-16-15-17-14-12(2)6-4-8-19(14)18-15/h4,6,8,11,13H,3,5,7,9-10H2,1-2H3,(H,16,18). The van der Waals surface area contributed by atoms with Gasteiger partial charge in [0.1, 0.15) is 0 Å². The number of nitrogens with zero attached hydrogens (tertiary/aromatic N) is 3. The first kappa shape index (κ1) is 12.5. The van der Waals surface area contributed by atoms with Gasteiger partial charge < -0.3 is 5.32 Å². The Bertz CT molecular complexity index is 560. The van der Waals surface area contributed by atoms with Gasteiger partial charge in [-0.2, -0.15) is 4.98 Å². The van der Waals surface area contributed by atoms with Crippen LogP contribution in [0.5, 0.6) is 0 Å². The predicted molar refractivity (Wildman–Crippen MR) is 77.3 cm³/mol. The van der Waals surface area contributed by atoms with Gasteiger partial charge >= 0.3 is 0 Å². The van der Waals surface area contributed by atoms with Crippen LogP contribution in [0.15, 0.2) is 18.3 Å². The van der Waals surface area contributed by atoms with Crippen molar-refractivity contribution in [1.82, 2.24) is 14.6 Å². The summed E-state index contributed by atoms with van der Waals surface area (Å²) >= 11 is 0. The molecule has 2 unspecified atom stereocenters. The second-order valence-electron chi connectivity index (χ2n) is 5.91. The first-order valence-electron chi connectivity index (χ1n) is 7.28. The summed E-state index contributed by atoms with van der Waals surface area (Å²) in [6.07, 6.45) is 7.37. The number of nitrogens with one attached hydrogen (secondary N) is 1. The van der Waals surface area contributed by atoms with E-state index in [0.717, 1.165) is 35.5 Å². The van der Waals surface area contributed by atoms with Crippen molar-refractivity contribution in [3.63, 3.8) is 0 Å². The third kappa shape index (κ3) is 2.72. The van der Waals surface area contributed by atoms with Crippen LogP contribution in [0.2, 0.25) is 0 Å². The molecule has 0 aromatic carbocycles. The van der Waals surface area contributed by atoms with E-state index in [0.29, 0.717) is 0 Å². The zero-order valence-electron chi connectivity index (χ0n) is 11.8. The fourth-order valence-corrected chi connectivity index (χ4v) is 3.10. The normalized spacial score (nSPS) is 23.7. The number of rotatable bonds is 3. The van der Waals surface area contributed by atoms with E-state index in [-0.39, 0.29) is 0 Å². The first-order chi connectivity index (χ1) is 9.22. The molecule has 2 atom stereocenters. The fourth-order valence-electron chi connectivity index (χ4n) is 3.10. The van der Waals surface area contributed by atoms with Crippen LogP contribution >= 0.6 is 0 Å². The molecule has 2 aromatic heterocycles. The SMILES string of the molecule is Cc1cccn2nc(NCC3CCCC(C)C3)nc12. The Balaban J connectivity index is 1.66. The second-order valence-corrected chi connectivity index (χ2v) is 5.91. The molecule has 0 amide bonds. The first-order valence-corrected chi connectivity index (χ1v) is 7.28. The van der Waals surface area contributed by atoms with Crippen molar-refractivity contribution in [3.05, 3.63) is 23.9 Å². The number of hydrogen-bond donors (Lipinski definition) is 1. The number of hydrogen-bond acceptors (Lipinski definition) is 3. The highest BCUT2D eigenvalue weighted by molar-refractivity contribution is 5.49. The van der Waals surface area contributed by atoms with Crippen LogP contribution in [0.25, 0.3) is 5.65 Å². The minimum atomic E-state index is 0.757. The largest absolute Gasteiger partial charge is 0.353 e. The van der Waals surface area contributed by atoms with Crippen molar-refractivity contribution < 1.29 is 0 Å². The molecule has 2 aromatic rings. The van der Waals surface area contributed by atoms with Gasteiger partial charge in [-0.3, -0.25) is 0 Å². The Hall–Kier alpha value is -1.58. The molecule has 1 aliphatic rings. The number of aromatic nitrogens is 3. The van der Waals surface area contributed by atoms with Crippen molar-refractivity contribution in [2.24, 2.45) is 11.8 Å². The van der Waals surface area contributed by atoms with E-state index in [1.165, 1.54) is 25.7 Å². The zero-order chi connectivity index (χ0) is 13.2. The van der Waals surface area contributed by atoms with Crippen LogP contribution in [-0.4, -0.2) is 21.1 Å². The van der Waals surface area contributed by atoms with Crippen LogP contribution in [0.1, 0.15) is 38.2 Å². The molecule has 4 nitrogen and oxygen atoms in total. The summed E-state index contributed by atoms with van der Waals surface area (Å²) < 4.78 is 1.85. The molecule has 0 spiro atoms. The fraction of sp³-hybridized carbons (Fsp3) is 0.600. The van der Waals surface area contributed by atoms with Gasteiger partial charge in [0.05, 0.1) is 0 Å². The molecule has 0 aliphatic heterocycles. The van der Waals surface area contributed by atoms with Gasteiger partial charge in [-0.05, 0) is 43.2 Å². The van der Waals surface area contributed by atoms with E-state index in [9.17, 15) is 0 Å². The Morgan fingerprint density at radius 2 is 2.32 bits per heavy atom. The summed E-state index contributed by atoms with van der Waals surface area (Å²) in [5.41, 5.74) is 2.11. The lowest BCUT2D eigenvalue weighted by molar-refractivity contribution is 0.293. The van der Waals surface area contributed by atoms with Crippen LogP contribution in [0.4, 0.5) is 5.95 Å². The predicted octanol–water partition coefficient (Wildman–Crippen LogP) is 3.28. The summed E-state index contributed by atoms with van der Waals surface area (Å²) in [7, 11) is 0. The van der Waals surface area contributed by atoms with Gasteiger partial charge in [-0.1, -0.05) is 25.8 Å². The lowest BCUT2D eigenvalue weighted by Crippen LogP contribution is -2.21. The summed E-state index contributed by atoms with van der Waals surface area (Å²) in [4.78, 5) is 4.56. The minimum Gasteiger partial charge on any atom is -0.353 e. The molecule has 0 radical (unpaired) electrons. The van der Waals surface area contributed by atoms with Crippen molar-refractivity contribution in [1.29, 1.82) is 0 Å². The van der Waals surface area contributed by atoms with Gasteiger partial charge in [0.2, 0.25) is 5.95 Å². The highest BCUT2D eigenvalue weighted by Crippen LogP contribution is 2.28. The lowest BCUT2D eigenvalue weighted by atomic mass is 9.82. The van der Waals surface area contributed by atoms with E-state index in [1.54, 1.807) is 0 Å². The molecule has 1 aliphatic carbocycles. The third-order valence-corrected chi connectivity index (χ3v) is 4.15. The van der Waals surface area contributed by atoms with Gasteiger partial charge in [0.15, 0.2) is 5.65 Å². The van der Waals surface area contributed by atoms with Crippen LogP contribution < -0.4 is 5.32 Å². The Labute approximate surface area is 114 Å². The molecule has 4 heteroatoms. The highest BCUT2D eigenvalue weighted by atomic mass is 15.3. The summed E-state index contributed by atoms with van der Waals surface area (Å²) in [5.74, 6) is 2.40. The maximum absolute atomic E-state index is 4.56. The molecule has 102 valence electrons. The van der Waals surface area contributed by atoms with Crippen LogP contribution in [0, 0.1) is 18.8 Å². The van der Waals surface area contributed by atoms with Crippen molar-refractivity contribution in [2.75, 3.05) is 11.9 Å². The van der Waals surface area contributed by atoms with E-state index < -0.39 is 0 Å². The van der Waals surface area contributed by atoms with Crippen molar-refractivity contribution in [2.45, 2.75) is 39.5 Å². The van der Waals surface area contributed by atoms with Gasteiger partial charge in [0, 0.05) is 12.7 Å². The average Bonchev–Trinajstić information content (AvgIpc) is 2.81. The molecule has 1 fully saturated rings. The summed E-state index contributed by atoms with van der Waals surface area (Å²) in [6.45, 7) is 5.43. The Morgan fingerprint density at radius 3 is 3.11 bits per heavy atom. The van der Waals surface area contributed by atoms with E-state index in [4.69, 9.17) is 0 Å². The molecule has 0 saturated heterocycles. The molecule has 1 N–H and O–H groups in total. The molecular weight excluding hydrogens is 236 g/mol. The van der Waals surface area contributed by atoms with Crippen molar-refractivity contribution in [3.8, 4) is 0 Å². The average molecular weight is 258 g/mol. The summed E-state index contributed by atoms with van der Waals surface area (Å²) in [5, 5.41) is 7.88. The highest BCUT2D eigenvalue weighted by Gasteiger charge is 2.19. The van der Waals surface area contributed by atoms with E-state index in [1.807, 2.05) is 16.8 Å². The van der Waals surface area contributed by atoms with Gasteiger partial charge in [-0.15, -0.1) is 5.10 Å². The monoisotopic (exact) mass is 258 g/mol. The van der Waals surface area contributed by atoms with E-state index >= 15 is 0 Å². The number of aryl methyl sites for hydroxylation is 1. The third-order valence-electron chi connectivity index (χ3n) is 4.15. The van der Waals surface area contributed by atoms with Gasteiger partial charge in [0.25, 0.3) is 0 Å². The number of pyridine rings is 1. The quantitative estimate of drug-likeness (QED) is 0.918. The maximum Gasteiger partial charge on any atom is 0.243 e. The maximum atomic E-state index is 4.56. The topological polar surface area (TPSA) is 42.2 Å². The molecular formula is C15H22N4. The van der Waals surface area contributed by atoms with Gasteiger partial charge in [-0.25, -0.2) is 4.52 Å². The Kier molecular flexibility index (Phi) is 3.40. The Morgan fingerprint density at radius 1 is 1.42 bits per heavy atom. The number of fused-ring (bicyclic) bond motifs is 1. The molecule has 19 heavy (non-hydrogen) atoms. The smallest absolute Gasteiger partial charge is 0.243 e. The second kappa shape index (κ2) is 5.19. The minimum absolute atomic E-state index is 0.757. The van der Waals surface area contributed by atoms with Crippen LogP contribution in [-0.2, 0) is 0 Å². The molecule has 2 heterocycles. The molecule has 1 saturated carbocycles. The van der Waals surface area contributed by atoms with Crippen molar-refractivity contribution >= 4 is 11.6 Å². The zero-order valence-corrected chi connectivity index (χ0v) is 11.8. The number of anilines is 1. The van der Waals surface area contributed by atoms with E-state index in [2.05, 4.69) is 35.3 Å². The lowest BCUT2D eigenvalue weighted by Gasteiger charge is -2.26. The summed E-state index contributed by atoms with van der Waals surface area (Å²) in [6, 6.07) is 4.07. The van der Waals surface area contributed by atoms with Crippen LogP contribution in [0.3, 0.4) is 0 Å². The molecule has 3 rings (SSSR count). The molecule has 0 bridgehead atoms.